The third kappa shape index (κ3) is 4.16. The quantitative estimate of drug-likeness (QED) is 0.670. The highest BCUT2D eigenvalue weighted by molar-refractivity contribution is 5.96. The van der Waals surface area contributed by atoms with E-state index in [4.69, 9.17) is 10.5 Å². The van der Waals surface area contributed by atoms with Gasteiger partial charge in [0, 0.05) is 24.5 Å². The summed E-state index contributed by atoms with van der Waals surface area (Å²) in [6.07, 6.45) is 0. The Morgan fingerprint density at radius 3 is 2.32 bits per heavy atom. The first-order chi connectivity index (χ1) is 8.78. The zero-order valence-corrected chi connectivity index (χ0v) is 12.5. The number of ether oxygens (including phenoxy) is 1. The lowest BCUT2D eigenvalue weighted by Gasteiger charge is -2.23. The minimum Gasteiger partial charge on any atom is -0.456 e. The Morgan fingerprint density at radius 1 is 1.26 bits per heavy atom. The van der Waals surface area contributed by atoms with E-state index in [1.165, 1.54) is 0 Å². The number of nitrogens with zero attached hydrogens (tertiary/aromatic N) is 1. The molecule has 0 spiro atoms. The molecule has 0 aromatic heterocycles. The van der Waals surface area contributed by atoms with Gasteiger partial charge in [-0.05, 0) is 52.8 Å². The van der Waals surface area contributed by atoms with Crippen LogP contribution in [0.25, 0.3) is 0 Å². The second kappa shape index (κ2) is 5.95. The van der Waals surface area contributed by atoms with Crippen LogP contribution in [0.2, 0.25) is 0 Å². The standard InChI is InChI=1S/C15H24N2O2/c1-6-17(7-2)11-8-9-13(16)12(10-11)14(18)19-15(3,4)5/h8-10H,6-7,16H2,1-5H3. The van der Waals surface area contributed by atoms with E-state index >= 15 is 0 Å². The topological polar surface area (TPSA) is 55.6 Å². The lowest BCUT2D eigenvalue weighted by Crippen LogP contribution is -2.25. The largest absolute Gasteiger partial charge is 0.456 e. The van der Waals surface area contributed by atoms with E-state index in [1.54, 1.807) is 12.1 Å². The third-order valence-corrected chi connectivity index (χ3v) is 2.78. The molecule has 19 heavy (non-hydrogen) atoms. The zero-order valence-electron chi connectivity index (χ0n) is 12.5. The summed E-state index contributed by atoms with van der Waals surface area (Å²) in [6, 6.07) is 5.49. The van der Waals surface area contributed by atoms with Gasteiger partial charge in [0.15, 0.2) is 0 Å². The molecular weight excluding hydrogens is 240 g/mol. The molecule has 2 N–H and O–H groups in total. The molecule has 0 amide bonds. The molecule has 0 radical (unpaired) electrons. The van der Waals surface area contributed by atoms with Crippen molar-refractivity contribution in [2.75, 3.05) is 23.7 Å². The van der Waals surface area contributed by atoms with Crippen LogP contribution in [-0.4, -0.2) is 24.7 Å². The van der Waals surface area contributed by atoms with Gasteiger partial charge in [-0.2, -0.15) is 0 Å². The van der Waals surface area contributed by atoms with Crippen LogP contribution in [0, 0.1) is 0 Å². The van der Waals surface area contributed by atoms with Crippen LogP contribution in [0.4, 0.5) is 11.4 Å². The molecule has 4 heteroatoms. The van der Waals surface area contributed by atoms with Crippen molar-refractivity contribution >= 4 is 17.3 Å². The maximum absolute atomic E-state index is 12.1. The average molecular weight is 264 g/mol. The van der Waals surface area contributed by atoms with Crippen molar-refractivity contribution < 1.29 is 9.53 Å². The van der Waals surface area contributed by atoms with Gasteiger partial charge < -0.3 is 15.4 Å². The van der Waals surface area contributed by atoms with Gasteiger partial charge in [-0.15, -0.1) is 0 Å². The fourth-order valence-electron chi connectivity index (χ4n) is 1.84. The van der Waals surface area contributed by atoms with E-state index in [-0.39, 0.29) is 5.97 Å². The minimum absolute atomic E-state index is 0.376. The molecular formula is C15H24N2O2. The van der Waals surface area contributed by atoms with Gasteiger partial charge in [-0.25, -0.2) is 4.79 Å². The molecule has 0 aliphatic carbocycles. The van der Waals surface area contributed by atoms with Gasteiger partial charge in [0.25, 0.3) is 0 Å². The highest BCUT2D eigenvalue weighted by atomic mass is 16.6. The number of anilines is 2. The fourth-order valence-corrected chi connectivity index (χ4v) is 1.84. The summed E-state index contributed by atoms with van der Waals surface area (Å²) in [7, 11) is 0. The molecule has 0 fully saturated rings. The molecule has 1 rings (SSSR count). The van der Waals surface area contributed by atoms with Crippen LogP contribution in [-0.2, 0) is 4.74 Å². The Bertz CT molecular complexity index is 446. The second-order valence-electron chi connectivity index (χ2n) is 5.45. The number of nitrogens with two attached hydrogens (primary N) is 1. The van der Waals surface area contributed by atoms with Crippen molar-refractivity contribution in [3.8, 4) is 0 Å². The van der Waals surface area contributed by atoms with Gasteiger partial charge in [-0.3, -0.25) is 0 Å². The number of benzene rings is 1. The van der Waals surface area contributed by atoms with Crippen molar-refractivity contribution in [1.82, 2.24) is 0 Å². The highest BCUT2D eigenvalue weighted by Gasteiger charge is 2.20. The first-order valence-electron chi connectivity index (χ1n) is 6.66. The normalized spacial score (nSPS) is 11.2. The Kier molecular flexibility index (Phi) is 4.81. The summed E-state index contributed by atoms with van der Waals surface area (Å²) in [5.74, 6) is -0.376. The number of carbonyl (C=O) groups is 1. The van der Waals surface area contributed by atoms with Crippen molar-refractivity contribution in [3.63, 3.8) is 0 Å². The van der Waals surface area contributed by atoms with E-state index in [2.05, 4.69) is 18.7 Å². The summed E-state index contributed by atoms with van der Waals surface area (Å²) in [4.78, 5) is 14.3. The predicted molar refractivity (Wildman–Crippen MR) is 79.6 cm³/mol. The molecule has 0 bridgehead atoms. The van der Waals surface area contributed by atoms with Crippen molar-refractivity contribution in [2.45, 2.75) is 40.2 Å². The molecule has 0 saturated carbocycles. The SMILES string of the molecule is CCN(CC)c1ccc(N)c(C(=O)OC(C)(C)C)c1. The maximum Gasteiger partial charge on any atom is 0.340 e. The summed E-state index contributed by atoms with van der Waals surface area (Å²) in [5, 5.41) is 0. The van der Waals surface area contributed by atoms with Gasteiger partial charge in [-0.1, -0.05) is 0 Å². The minimum atomic E-state index is -0.519. The Balaban J connectivity index is 3.07. The van der Waals surface area contributed by atoms with Gasteiger partial charge in [0.05, 0.1) is 5.56 Å². The molecule has 0 aliphatic rings. The van der Waals surface area contributed by atoms with Gasteiger partial charge >= 0.3 is 5.97 Å². The molecule has 0 aliphatic heterocycles. The van der Waals surface area contributed by atoms with Gasteiger partial charge in [0.1, 0.15) is 5.60 Å². The zero-order chi connectivity index (χ0) is 14.6. The average Bonchev–Trinajstić information content (AvgIpc) is 2.30. The van der Waals surface area contributed by atoms with Gasteiger partial charge in [0.2, 0.25) is 0 Å². The van der Waals surface area contributed by atoms with E-state index in [0.29, 0.717) is 11.3 Å². The number of esters is 1. The molecule has 1 aromatic rings. The van der Waals surface area contributed by atoms with Crippen LogP contribution in [0.3, 0.4) is 0 Å². The Labute approximate surface area is 115 Å². The Morgan fingerprint density at radius 2 is 1.84 bits per heavy atom. The van der Waals surface area contributed by atoms with E-state index in [0.717, 1.165) is 18.8 Å². The van der Waals surface area contributed by atoms with Crippen LogP contribution in [0.5, 0.6) is 0 Å². The molecule has 0 saturated heterocycles. The number of carbonyl (C=O) groups excluding carboxylic acids is 1. The highest BCUT2D eigenvalue weighted by Crippen LogP contribution is 2.23. The monoisotopic (exact) mass is 264 g/mol. The first kappa shape index (κ1) is 15.3. The summed E-state index contributed by atoms with van der Waals surface area (Å²) in [5.41, 5.74) is 7.22. The van der Waals surface area contributed by atoms with Crippen LogP contribution >= 0.6 is 0 Å². The van der Waals surface area contributed by atoms with Crippen LogP contribution < -0.4 is 10.6 Å². The number of hydrogen-bond acceptors (Lipinski definition) is 4. The molecule has 0 atom stereocenters. The molecule has 1 aromatic carbocycles. The van der Waals surface area contributed by atoms with Crippen molar-refractivity contribution in [1.29, 1.82) is 0 Å². The fraction of sp³-hybridized carbons (Fsp3) is 0.533. The molecule has 0 unspecified atom stereocenters. The first-order valence-corrected chi connectivity index (χ1v) is 6.66. The number of nitrogen functional groups attached to an aromatic ring is 1. The lowest BCUT2D eigenvalue weighted by atomic mass is 10.1. The lowest BCUT2D eigenvalue weighted by molar-refractivity contribution is 0.00708. The predicted octanol–water partition coefficient (Wildman–Crippen LogP) is 3.07. The summed E-state index contributed by atoms with van der Waals surface area (Å²) in [6.45, 7) is 11.4. The van der Waals surface area contributed by atoms with E-state index < -0.39 is 5.60 Å². The number of hydrogen-bond donors (Lipinski definition) is 1. The molecule has 106 valence electrons. The second-order valence-corrected chi connectivity index (χ2v) is 5.45. The Hall–Kier alpha value is -1.71. The molecule has 0 heterocycles. The molecule has 4 nitrogen and oxygen atoms in total. The number of rotatable bonds is 4. The summed E-state index contributed by atoms with van der Waals surface area (Å²) < 4.78 is 5.37. The van der Waals surface area contributed by atoms with Crippen molar-refractivity contribution in [3.05, 3.63) is 23.8 Å². The third-order valence-electron chi connectivity index (χ3n) is 2.78. The van der Waals surface area contributed by atoms with Crippen molar-refractivity contribution in [2.24, 2.45) is 0 Å². The van der Waals surface area contributed by atoms with Crippen LogP contribution in [0.15, 0.2) is 18.2 Å². The smallest absolute Gasteiger partial charge is 0.340 e. The maximum atomic E-state index is 12.1. The summed E-state index contributed by atoms with van der Waals surface area (Å²) >= 11 is 0. The van der Waals surface area contributed by atoms with E-state index in [9.17, 15) is 4.79 Å². The van der Waals surface area contributed by atoms with Crippen LogP contribution in [0.1, 0.15) is 45.0 Å². The van der Waals surface area contributed by atoms with E-state index in [1.807, 2.05) is 26.8 Å².